The van der Waals surface area contributed by atoms with E-state index in [1.165, 1.54) is 0 Å². The zero-order valence-corrected chi connectivity index (χ0v) is 11.4. The minimum absolute atomic E-state index is 0.120. The molecule has 1 aromatic rings. The van der Waals surface area contributed by atoms with Gasteiger partial charge in [-0.25, -0.2) is 0 Å². The summed E-state index contributed by atoms with van der Waals surface area (Å²) >= 11 is 6.20. The molecule has 0 heterocycles. The van der Waals surface area contributed by atoms with E-state index in [1.807, 2.05) is 18.2 Å². The van der Waals surface area contributed by atoms with Crippen molar-refractivity contribution in [2.45, 2.75) is 44.9 Å². The van der Waals surface area contributed by atoms with Crippen molar-refractivity contribution in [2.24, 2.45) is 0 Å². The summed E-state index contributed by atoms with van der Waals surface area (Å²) in [5, 5.41) is 13.7. The van der Waals surface area contributed by atoms with Gasteiger partial charge in [-0.2, -0.15) is 0 Å². The minimum Gasteiger partial charge on any atom is -0.486 e. The van der Waals surface area contributed by atoms with Crippen LogP contribution in [0.15, 0.2) is 18.2 Å². The smallest absolute Gasteiger partial charge is 0.142 e. The van der Waals surface area contributed by atoms with Gasteiger partial charge in [-0.15, -0.1) is 0 Å². The van der Waals surface area contributed by atoms with E-state index in [2.05, 4.69) is 12.2 Å². The van der Waals surface area contributed by atoms with E-state index in [-0.39, 0.29) is 12.2 Å². The van der Waals surface area contributed by atoms with Crippen LogP contribution in [0.2, 0.25) is 5.02 Å². The largest absolute Gasteiger partial charge is 0.486 e. The highest BCUT2D eigenvalue weighted by molar-refractivity contribution is 6.32. The van der Waals surface area contributed by atoms with Crippen molar-refractivity contribution in [1.29, 1.82) is 0 Å². The Kier molecular flexibility index (Phi) is 4.87. The first-order valence-corrected chi connectivity index (χ1v) is 6.93. The Morgan fingerprint density at radius 1 is 1.44 bits per heavy atom. The molecule has 100 valence electrons. The Bertz CT molecular complexity index is 397. The summed E-state index contributed by atoms with van der Waals surface area (Å²) in [6.45, 7) is 3.69. The third kappa shape index (κ3) is 3.16. The Balaban J connectivity index is 2.14. The molecule has 0 aromatic heterocycles. The molecule has 0 spiro atoms. The normalized spacial score (nSPS) is 23.3. The third-order valence-electron chi connectivity index (χ3n) is 3.30. The summed E-state index contributed by atoms with van der Waals surface area (Å²) in [6, 6.07) is 5.76. The van der Waals surface area contributed by atoms with Gasteiger partial charge in [0.25, 0.3) is 0 Å². The molecule has 0 bridgehead atoms. The zero-order valence-electron chi connectivity index (χ0n) is 10.7. The SMILES string of the molecule is CCNCc1cccc(Cl)c1OC1CCCC1O. The van der Waals surface area contributed by atoms with E-state index >= 15 is 0 Å². The van der Waals surface area contributed by atoms with E-state index in [0.29, 0.717) is 10.8 Å². The lowest BCUT2D eigenvalue weighted by Crippen LogP contribution is -2.26. The molecular formula is C14H20ClNO2. The molecule has 1 aliphatic carbocycles. The maximum absolute atomic E-state index is 9.82. The molecule has 0 aliphatic heterocycles. The maximum Gasteiger partial charge on any atom is 0.142 e. The number of benzene rings is 1. The van der Waals surface area contributed by atoms with Crippen molar-refractivity contribution in [3.63, 3.8) is 0 Å². The molecule has 0 saturated heterocycles. The average molecular weight is 270 g/mol. The second kappa shape index (κ2) is 6.41. The van der Waals surface area contributed by atoms with Gasteiger partial charge in [0.15, 0.2) is 0 Å². The highest BCUT2D eigenvalue weighted by atomic mass is 35.5. The van der Waals surface area contributed by atoms with Crippen LogP contribution >= 0.6 is 11.6 Å². The molecule has 18 heavy (non-hydrogen) atoms. The maximum atomic E-state index is 9.82. The summed E-state index contributed by atoms with van der Waals surface area (Å²) in [6.07, 6.45) is 2.24. The quantitative estimate of drug-likeness (QED) is 0.864. The fourth-order valence-corrected chi connectivity index (χ4v) is 2.52. The number of rotatable bonds is 5. The predicted octanol–water partition coefficient (Wildman–Crippen LogP) is 2.74. The van der Waals surface area contributed by atoms with E-state index in [0.717, 1.165) is 37.9 Å². The van der Waals surface area contributed by atoms with Gasteiger partial charge < -0.3 is 15.2 Å². The number of halogens is 1. The number of aliphatic hydroxyl groups excluding tert-OH is 1. The summed E-state index contributed by atoms with van der Waals surface area (Å²) in [5.41, 5.74) is 1.04. The van der Waals surface area contributed by atoms with Crippen molar-refractivity contribution in [2.75, 3.05) is 6.54 Å². The van der Waals surface area contributed by atoms with Crippen LogP contribution < -0.4 is 10.1 Å². The summed E-state index contributed by atoms with van der Waals surface area (Å²) in [7, 11) is 0. The molecule has 1 aromatic carbocycles. The molecule has 2 atom stereocenters. The lowest BCUT2D eigenvalue weighted by Gasteiger charge is -2.20. The van der Waals surface area contributed by atoms with Crippen LogP contribution in [0.3, 0.4) is 0 Å². The van der Waals surface area contributed by atoms with Crippen LogP contribution in [-0.4, -0.2) is 23.9 Å². The Morgan fingerprint density at radius 2 is 2.28 bits per heavy atom. The average Bonchev–Trinajstić information content (AvgIpc) is 2.76. The van der Waals surface area contributed by atoms with Gasteiger partial charge in [0, 0.05) is 12.1 Å². The molecule has 1 fully saturated rings. The number of aliphatic hydroxyl groups is 1. The van der Waals surface area contributed by atoms with Crippen molar-refractivity contribution in [3.05, 3.63) is 28.8 Å². The second-order valence-electron chi connectivity index (χ2n) is 4.66. The fourth-order valence-electron chi connectivity index (χ4n) is 2.28. The summed E-state index contributed by atoms with van der Waals surface area (Å²) in [5.74, 6) is 0.714. The van der Waals surface area contributed by atoms with Crippen molar-refractivity contribution < 1.29 is 9.84 Å². The number of hydrogen-bond donors (Lipinski definition) is 2. The number of ether oxygens (including phenoxy) is 1. The van der Waals surface area contributed by atoms with Crippen molar-refractivity contribution in [1.82, 2.24) is 5.32 Å². The molecular weight excluding hydrogens is 250 g/mol. The molecule has 3 nitrogen and oxygen atoms in total. The van der Waals surface area contributed by atoms with Crippen LogP contribution in [0.5, 0.6) is 5.75 Å². The van der Waals surface area contributed by atoms with Crippen molar-refractivity contribution >= 4 is 11.6 Å². The van der Waals surface area contributed by atoms with Crippen LogP contribution in [0, 0.1) is 0 Å². The van der Waals surface area contributed by atoms with Crippen LogP contribution in [-0.2, 0) is 6.54 Å². The number of para-hydroxylation sites is 1. The van der Waals surface area contributed by atoms with Gasteiger partial charge in [-0.3, -0.25) is 0 Å². The lowest BCUT2D eigenvalue weighted by atomic mass is 10.2. The van der Waals surface area contributed by atoms with Gasteiger partial charge in [0.1, 0.15) is 11.9 Å². The van der Waals surface area contributed by atoms with Crippen molar-refractivity contribution in [3.8, 4) is 5.75 Å². The highest BCUT2D eigenvalue weighted by Gasteiger charge is 2.28. The molecule has 2 unspecified atom stereocenters. The second-order valence-corrected chi connectivity index (χ2v) is 5.07. The monoisotopic (exact) mass is 269 g/mol. The number of hydrogen-bond acceptors (Lipinski definition) is 3. The topological polar surface area (TPSA) is 41.5 Å². The molecule has 2 N–H and O–H groups in total. The Labute approximate surface area is 113 Å². The molecule has 4 heteroatoms. The van der Waals surface area contributed by atoms with E-state index in [9.17, 15) is 5.11 Å². The van der Waals surface area contributed by atoms with E-state index in [1.54, 1.807) is 0 Å². The molecule has 1 aliphatic rings. The first-order valence-electron chi connectivity index (χ1n) is 6.55. The first kappa shape index (κ1) is 13.7. The van der Waals surface area contributed by atoms with Gasteiger partial charge in [-0.1, -0.05) is 30.7 Å². The molecule has 0 amide bonds. The Morgan fingerprint density at radius 3 is 2.94 bits per heavy atom. The first-order chi connectivity index (χ1) is 8.72. The predicted molar refractivity (Wildman–Crippen MR) is 73.1 cm³/mol. The van der Waals surface area contributed by atoms with E-state index < -0.39 is 0 Å². The third-order valence-corrected chi connectivity index (χ3v) is 3.60. The van der Waals surface area contributed by atoms with Crippen LogP contribution in [0.1, 0.15) is 31.7 Å². The summed E-state index contributed by atoms with van der Waals surface area (Å²) < 4.78 is 5.92. The van der Waals surface area contributed by atoms with Gasteiger partial charge in [-0.05, 0) is 31.9 Å². The van der Waals surface area contributed by atoms with Crippen LogP contribution in [0.4, 0.5) is 0 Å². The number of nitrogens with one attached hydrogen (secondary N) is 1. The van der Waals surface area contributed by atoms with E-state index in [4.69, 9.17) is 16.3 Å². The molecule has 2 rings (SSSR count). The van der Waals surface area contributed by atoms with Gasteiger partial charge >= 0.3 is 0 Å². The lowest BCUT2D eigenvalue weighted by molar-refractivity contribution is 0.0598. The highest BCUT2D eigenvalue weighted by Crippen LogP contribution is 2.33. The zero-order chi connectivity index (χ0) is 13.0. The standard InChI is InChI=1S/C14H20ClNO2/c1-2-16-9-10-5-3-6-11(15)14(10)18-13-8-4-7-12(13)17/h3,5-6,12-13,16-17H,2,4,7-9H2,1H3. The summed E-state index contributed by atoms with van der Waals surface area (Å²) in [4.78, 5) is 0. The minimum atomic E-state index is -0.367. The fraction of sp³-hybridized carbons (Fsp3) is 0.571. The molecule has 1 saturated carbocycles. The Hall–Kier alpha value is -0.770. The van der Waals surface area contributed by atoms with Gasteiger partial charge in [0.05, 0.1) is 11.1 Å². The van der Waals surface area contributed by atoms with Gasteiger partial charge in [0.2, 0.25) is 0 Å². The van der Waals surface area contributed by atoms with Crippen LogP contribution in [0.25, 0.3) is 0 Å². The molecule has 0 radical (unpaired) electrons.